The predicted octanol–water partition coefficient (Wildman–Crippen LogP) is 4.78. The summed E-state index contributed by atoms with van der Waals surface area (Å²) in [6, 6.07) is 12.0. The molecule has 0 bridgehead atoms. The minimum Gasteiger partial charge on any atom is -0.355 e. The van der Waals surface area contributed by atoms with Crippen molar-refractivity contribution < 1.29 is 0 Å². The van der Waals surface area contributed by atoms with Gasteiger partial charge >= 0.3 is 0 Å². The van der Waals surface area contributed by atoms with Gasteiger partial charge in [0.15, 0.2) is 5.82 Å². The quantitative estimate of drug-likeness (QED) is 0.747. The van der Waals surface area contributed by atoms with Crippen molar-refractivity contribution >= 4 is 17.4 Å². The third-order valence-corrected chi connectivity index (χ3v) is 4.76. The van der Waals surface area contributed by atoms with Crippen LogP contribution in [0.4, 0.5) is 5.82 Å². The maximum Gasteiger partial charge on any atom is 0.158 e. The molecule has 1 aliphatic heterocycles. The summed E-state index contributed by atoms with van der Waals surface area (Å²) in [5.74, 6) is 1.03. The van der Waals surface area contributed by atoms with E-state index in [1.807, 2.05) is 48.8 Å². The van der Waals surface area contributed by atoms with Crippen LogP contribution in [0.25, 0.3) is 22.4 Å². The van der Waals surface area contributed by atoms with Gasteiger partial charge in [-0.15, -0.1) is 0 Å². The first-order chi connectivity index (χ1) is 11.8. The normalized spacial score (nSPS) is 14.8. The maximum atomic E-state index is 6.04. The number of hydrogen-bond acceptors (Lipinski definition) is 3. The Balaban J connectivity index is 1.84. The summed E-state index contributed by atoms with van der Waals surface area (Å²) in [5.41, 5.74) is 4.38. The number of nitrogens with zero attached hydrogens (tertiary/aromatic N) is 3. The molecule has 2 aromatic heterocycles. The Morgan fingerprint density at radius 1 is 0.875 bits per heavy atom. The van der Waals surface area contributed by atoms with Crippen molar-refractivity contribution in [2.45, 2.75) is 19.3 Å². The van der Waals surface area contributed by atoms with Gasteiger partial charge in [-0.25, -0.2) is 0 Å². The Bertz CT molecular complexity index is 805. The van der Waals surface area contributed by atoms with Crippen LogP contribution in [-0.4, -0.2) is 28.3 Å². The van der Waals surface area contributed by atoms with Crippen LogP contribution in [-0.2, 0) is 0 Å². The van der Waals surface area contributed by atoms with Gasteiger partial charge in [0.25, 0.3) is 0 Å². The van der Waals surface area contributed by atoms with E-state index >= 15 is 0 Å². The third kappa shape index (κ3) is 2.89. The lowest BCUT2D eigenvalue weighted by molar-refractivity contribution is 0.573. The van der Waals surface area contributed by atoms with Gasteiger partial charge < -0.3 is 4.90 Å². The fourth-order valence-electron chi connectivity index (χ4n) is 3.28. The lowest BCUT2D eigenvalue weighted by Gasteiger charge is -2.27. The second-order valence-electron chi connectivity index (χ2n) is 6.09. The van der Waals surface area contributed by atoms with Crippen molar-refractivity contribution in [2.24, 2.45) is 0 Å². The molecule has 1 aromatic carbocycles. The summed E-state index contributed by atoms with van der Waals surface area (Å²) >= 11 is 6.04. The first kappa shape index (κ1) is 15.2. The van der Waals surface area contributed by atoms with Crippen molar-refractivity contribution in [1.82, 2.24) is 15.2 Å². The summed E-state index contributed by atoms with van der Waals surface area (Å²) in [6.07, 6.45) is 7.40. The highest BCUT2D eigenvalue weighted by molar-refractivity contribution is 6.30. The standard InChI is InChI=1S/C19H19ClN4/c20-16-6-4-15(5-7-16)18-17(14-8-10-21-11-9-14)19(23-22-18)24-12-2-1-3-13-24/h4-11H,1-3,12-13H2,(H,22,23). The monoisotopic (exact) mass is 338 g/mol. The molecule has 3 aromatic rings. The molecule has 4 nitrogen and oxygen atoms in total. The molecule has 1 N–H and O–H groups in total. The van der Waals surface area contributed by atoms with Crippen LogP contribution in [0.15, 0.2) is 48.8 Å². The van der Waals surface area contributed by atoms with Crippen molar-refractivity contribution in [3.05, 3.63) is 53.8 Å². The van der Waals surface area contributed by atoms with Crippen LogP contribution < -0.4 is 4.90 Å². The predicted molar refractivity (Wildman–Crippen MR) is 98.3 cm³/mol. The largest absolute Gasteiger partial charge is 0.355 e. The van der Waals surface area contributed by atoms with Gasteiger partial charge in [-0.2, -0.15) is 5.10 Å². The Hall–Kier alpha value is -2.33. The number of aromatic amines is 1. The lowest BCUT2D eigenvalue weighted by atomic mass is 10.0. The van der Waals surface area contributed by atoms with E-state index in [-0.39, 0.29) is 0 Å². The van der Waals surface area contributed by atoms with Crippen LogP contribution in [0.2, 0.25) is 5.02 Å². The molecule has 1 aliphatic rings. The summed E-state index contributed by atoms with van der Waals surface area (Å²) in [6.45, 7) is 2.12. The fourth-order valence-corrected chi connectivity index (χ4v) is 3.41. The zero-order valence-electron chi connectivity index (χ0n) is 13.4. The molecule has 0 saturated carbocycles. The summed E-state index contributed by atoms with van der Waals surface area (Å²) in [4.78, 5) is 6.53. The molecular formula is C19H19ClN4. The van der Waals surface area contributed by atoms with Crippen molar-refractivity contribution in [1.29, 1.82) is 0 Å². The molecule has 5 heteroatoms. The zero-order valence-corrected chi connectivity index (χ0v) is 14.1. The van der Waals surface area contributed by atoms with Gasteiger partial charge in [-0.1, -0.05) is 23.7 Å². The molecule has 1 fully saturated rings. The van der Waals surface area contributed by atoms with E-state index in [4.69, 9.17) is 11.6 Å². The van der Waals surface area contributed by atoms with Crippen LogP contribution in [0.5, 0.6) is 0 Å². The van der Waals surface area contributed by atoms with E-state index in [0.717, 1.165) is 46.3 Å². The van der Waals surface area contributed by atoms with Crippen molar-refractivity contribution in [3.63, 3.8) is 0 Å². The summed E-state index contributed by atoms with van der Waals surface area (Å²) in [7, 11) is 0. The number of halogens is 1. The zero-order chi connectivity index (χ0) is 16.4. The van der Waals surface area contributed by atoms with Crippen molar-refractivity contribution in [2.75, 3.05) is 18.0 Å². The molecule has 0 amide bonds. The highest BCUT2D eigenvalue weighted by Crippen LogP contribution is 2.38. The maximum absolute atomic E-state index is 6.04. The molecule has 0 spiro atoms. The highest BCUT2D eigenvalue weighted by atomic mass is 35.5. The average Bonchev–Trinajstić information content (AvgIpc) is 3.09. The second kappa shape index (κ2) is 6.65. The Kier molecular flexibility index (Phi) is 4.22. The van der Waals surface area contributed by atoms with Crippen LogP contribution in [0.3, 0.4) is 0 Å². The van der Waals surface area contributed by atoms with Gasteiger partial charge in [0.05, 0.1) is 11.3 Å². The average molecular weight is 339 g/mol. The molecule has 0 aliphatic carbocycles. The third-order valence-electron chi connectivity index (χ3n) is 4.50. The van der Waals surface area contributed by atoms with Crippen LogP contribution in [0, 0.1) is 0 Å². The van der Waals surface area contributed by atoms with E-state index in [1.54, 1.807) is 0 Å². The fraction of sp³-hybridized carbons (Fsp3) is 0.263. The number of nitrogens with one attached hydrogen (secondary N) is 1. The number of rotatable bonds is 3. The number of anilines is 1. The summed E-state index contributed by atoms with van der Waals surface area (Å²) in [5, 5.41) is 8.65. The Labute approximate surface area is 146 Å². The van der Waals surface area contributed by atoms with E-state index in [1.165, 1.54) is 19.3 Å². The minimum absolute atomic E-state index is 0.736. The van der Waals surface area contributed by atoms with E-state index in [0.29, 0.717) is 0 Å². The number of piperidine rings is 1. The SMILES string of the molecule is Clc1ccc(-c2[nH]nc(N3CCCCC3)c2-c2ccncc2)cc1. The molecule has 4 rings (SSSR count). The molecule has 0 unspecified atom stereocenters. The van der Waals surface area contributed by atoms with Crippen LogP contribution in [0.1, 0.15) is 19.3 Å². The lowest BCUT2D eigenvalue weighted by Crippen LogP contribution is -2.30. The molecule has 3 heterocycles. The molecule has 24 heavy (non-hydrogen) atoms. The molecule has 0 radical (unpaired) electrons. The van der Waals surface area contributed by atoms with Crippen LogP contribution >= 0.6 is 11.6 Å². The number of aromatic nitrogens is 3. The molecule has 0 atom stereocenters. The molecule has 122 valence electrons. The van der Waals surface area contributed by atoms with Gasteiger partial charge in [0.1, 0.15) is 0 Å². The number of pyridine rings is 1. The van der Waals surface area contributed by atoms with E-state index in [2.05, 4.69) is 20.1 Å². The molecule has 1 saturated heterocycles. The Morgan fingerprint density at radius 3 is 2.29 bits per heavy atom. The molecular weight excluding hydrogens is 320 g/mol. The number of hydrogen-bond donors (Lipinski definition) is 1. The van der Waals surface area contributed by atoms with E-state index in [9.17, 15) is 0 Å². The topological polar surface area (TPSA) is 44.8 Å². The van der Waals surface area contributed by atoms with Gasteiger partial charge in [-0.05, 0) is 49.1 Å². The van der Waals surface area contributed by atoms with E-state index < -0.39 is 0 Å². The van der Waals surface area contributed by atoms with Crippen molar-refractivity contribution in [3.8, 4) is 22.4 Å². The first-order valence-electron chi connectivity index (χ1n) is 8.32. The van der Waals surface area contributed by atoms with Gasteiger partial charge in [-0.3, -0.25) is 10.1 Å². The van der Waals surface area contributed by atoms with Gasteiger partial charge in [0.2, 0.25) is 0 Å². The first-order valence-corrected chi connectivity index (χ1v) is 8.70. The number of H-pyrrole nitrogens is 1. The summed E-state index contributed by atoms with van der Waals surface area (Å²) < 4.78 is 0. The smallest absolute Gasteiger partial charge is 0.158 e. The minimum atomic E-state index is 0.736. The second-order valence-corrected chi connectivity index (χ2v) is 6.52. The Morgan fingerprint density at radius 2 is 1.58 bits per heavy atom. The number of benzene rings is 1. The highest BCUT2D eigenvalue weighted by Gasteiger charge is 2.22. The van der Waals surface area contributed by atoms with Gasteiger partial charge in [0, 0.05) is 36.1 Å².